The van der Waals surface area contributed by atoms with Crippen molar-refractivity contribution in [3.05, 3.63) is 66.6 Å². The molecule has 0 saturated heterocycles. The van der Waals surface area contributed by atoms with Crippen molar-refractivity contribution < 1.29 is 4.79 Å². The number of hydrogen-bond donors (Lipinski definition) is 1. The van der Waals surface area contributed by atoms with Gasteiger partial charge in [0.1, 0.15) is 0 Å². The lowest BCUT2D eigenvalue weighted by atomic mass is 9.99. The van der Waals surface area contributed by atoms with E-state index in [0.29, 0.717) is 6.54 Å². The number of carbonyl (C=O) groups excluding carboxylic acids is 1. The minimum absolute atomic E-state index is 0.149. The summed E-state index contributed by atoms with van der Waals surface area (Å²) in [4.78, 5) is 16.8. The second kappa shape index (κ2) is 8.83. The van der Waals surface area contributed by atoms with Gasteiger partial charge in [0.25, 0.3) is 0 Å². The Hall–Kier alpha value is -2.95. The van der Waals surface area contributed by atoms with E-state index in [1.54, 1.807) is 12.4 Å². The van der Waals surface area contributed by atoms with E-state index in [4.69, 9.17) is 5.10 Å². The zero-order valence-electron chi connectivity index (χ0n) is 16.1. The zero-order valence-corrected chi connectivity index (χ0v) is 16.1. The SMILES string of the molecule is O=C(NCc1cn(-c2ccccc2)nc1-c1ccncc1)C1CCCCCC1. The second-order valence-electron chi connectivity index (χ2n) is 7.43. The molecule has 0 bridgehead atoms. The molecule has 1 N–H and O–H groups in total. The van der Waals surface area contributed by atoms with E-state index in [1.165, 1.54) is 12.8 Å². The number of carbonyl (C=O) groups is 1. The Morgan fingerprint density at radius 2 is 1.71 bits per heavy atom. The molecule has 1 amide bonds. The van der Waals surface area contributed by atoms with Gasteiger partial charge in [0.05, 0.1) is 11.4 Å². The summed E-state index contributed by atoms with van der Waals surface area (Å²) < 4.78 is 1.88. The Bertz CT molecular complexity index is 897. The molecule has 1 aliphatic carbocycles. The molecule has 2 heterocycles. The molecule has 1 aliphatic rings. The van der Waals surface area contributed by atoms with Crippen molar-refractivity contribution in [2.24, 2.45) is 5.92 Å². The summed E-state index contributed by atoms with van der Waals surface area (Å²) >= 11 is 0. The van der Waals surface area contributed by atoms with Gasteiger partial charge in [0.15, 0.2) is 0 Å². The van der Waals surface area contributed by atoms with Crippen molar-refractivity contribution in [1.29, 1.82) is 0 Å². The van der Waals surface area contributed by atoms with E-state index in [-0.39, 0.29) is 11.8 Å². The Morgan fingerprint density at radius 1 is 1.00 bits per heavy atom. The minimum atomic E-state index is 0.149. The number of rotatable bonds is 5. The Morgan fingerprint density at radius 3 is 2.43 bits per heavy atom. The first-order valence-electron chi connectivity index (χ1n) is 10.1. The molecule has 2 aromatic heterocycles. The van der Waals surface area contributed by atoms with Crippen LogP contribution in [0.25, 0.3) is 16.9 Å². The van der Waals surface area contributed by atoms with Gasteiger partial charge in [-0.05, 0) is 37.1 Å². The lowest BCUT2D eigenvalue weighted by Crippen LogP contribution is -2.30. The fraction of sp³-hybridized carbons (Fsp3) is 0.348. The van der Waals surface area contributed by atoms with Crippen LogP contribution in [0.1, 0.15) is 44.1 Å². The number of amides is 1. The van der Waals surface area contributed by atoms with Crippen molar-refractivity contribution in [3.8, 4) is 16.9 Å². The maximum atomic E-state index is 12.7. The Balaban J connectivity index is 1.56. The van der Waals surface area contributed by atoms with Crippen molar-refractivity contribution >= 4 is 5.91 Å². The Labute approximate surface area is 165 Å². The van der Waals surface area contributed by atoms with Gasteiger partial charge in [-0.2, -0.15) is 5.10 Å². The molecule has 0 atom stereocenters. The van der Waals surface area contributed by atoms with Crippen LogP contribution in [0.15, 0.2) is 61.1 Å². The summed E-state index contributed by atoms with van der Waals surface area (Å²) in [6.07, 6.45) is 12.4. The average Bonchev–Trinajstić information content (AvgIpc) is 2.99. The molecule has 5 nitrogen and oxygen atoms in total. The number of hydrogen-bond acceptors (Lipinski definition) is 3. The van der Waals surface area contributed by atoms with Crippen molar-refractivity contribution in [3.63, 3.8) is 0 Å². The van der Waals surface area contributed by atoms with Crippen molar-refractivity contribution in [2.75, 3.05) is 0 Å². The molecule has 144 valence electrons. The smallest absolute Gasteiger partial charge is 0.223 e. The molecular formula is C23H26N4O. The quantitative estimate of drug-likeness (QED) is 0.668. The lowest BCUT2D eigenvalue weighted by molar-refractivity contribution is -0.125. The summed E-state index contributed by atoms with van der Waals surface area (Å²) in [7, 11) is 0. The fourth-order valence-electron chi connectivity index (χ4n) is 3.87. The van der Waals surface area contributed by atoms with Crippen LogP contribution in [0.2, 0.25) is 0 Å². The number of nitrogens with zero attached hydrogens (tertiary/aromatic N) is 3. The molecule has 1 aromatic carbocycles. The molecule has 0 radical (unpaired) electrons. The van der Waals surface area contributed by atoms with Crippen LogP contribution in [0, 0.1) is 5.92 Å². The predicted octanol–water partition coefficient (Wildman–Crippen LogP) is 4.52. The largest absolute Gasteiger partial charge is 0.352 e. The van der Waals surface area contributed by atoms with E-state index in [2.05, 4.69) is 10.3 Å². The molecule has 4 rings (SSSR count). The molecular weight excluding hydrogens is 348 g/mol. The average molecular weight is 374 g/mol. The van der Waals surface area contributed by atoms with Gasteiger partial charge in [-0.25, -0.2) is 4.68 Å². The number of aromatic nitrogens is 3. The standard InChI is InChI=1S/C23H26N4O/c28-23(19-8-4-1-2-5-9-19)25-16-20-17-27(21-10-6-3-7-11-21)26-22(20)18-12-14-24-15-13-18/h3,6-7,10-15,17,19H,1-2,4-5,8-9,16H2,(H,25,28). The predicted molar refractivity (Wildman–Crippen MR) is 110 cm³/mol. The summed E-state index contributed by atoms with van der Waals surface area (Å²) in [5.74, 6) is 0.325. The third kappa shape index (κ3) is 4.30. The number of para-hydroxylation sites is 1. The molecule has 3 aromatic rings. The molecule has 1 fully saturated rings. The highest BCUT2D eigenvalue weighted by molar-refractivity contribution is 5.79. The van der Waals surface area contributed by atoms with Crippen LogP contribution in [0.5, 0.6) is 0 Å². The summed E-state index contributed by atoms with van der Waals surface area (Å²) in [5, 5.41) is 7.96. The fourth-order valence-corrected chi connectivity index (χ4v) is 3.87. The van der Waals surface area contributed by atoms with E-state index in [1.807, 2.05) is 53.3 Å². The van der Waals surface area contributed by atoms with Crippen LogP contribution in [-0.2, 0) is 11.3 Å². The topological polar surface area (TPSA) is 59.8 Å². The number of nitrogens with one attached hydrogen (secondary N) is 1. The molecule has 0 spiro atoms. The van der Waals surface area contributed by atoms with Crippen molar-refractivity contribution in [1.82, 2.24) is 20.1 Å². The van der Waals surface area contributed by atoms with E-state index < -0.39 is 0 Å². The van der Waals surface area contributed by atoms with Gasteiger partial charge in [0, 0.05) is 42.2 Å². The monoisotopic (exact) mass is 374 g/mol. The van der Waals surface area contributed by atoms with Gasteiger partial charge in [-0.15, -0.1) is 0 Å². The maximum Gasteiger partial charge on any atom is 0.223 e. The van der Waals surface area contributed by atoms with E-state index in [0.717, 1.165) is 48.2 Å². The normalized spacial score (nSPS) is 15.1. The van der Waals surface area contributed by atoms with Gasteiger partial charge in [-0.3, -0.25) is 9.78 Å². The highest BCUT2D eigenvalue weighted by atomic mass is 16.1. The minimum Gasteiger partial charge on any atom is -0.352 e. The van der Waals surface area contributed by atoms with Crippen LogP contribution < -0.4 is 5.32 Å². The third-order valence-electron chi connectivity index (χ3n) is 5.44. The molecule has 0 unspecified atom stereocenters. The van der Waals surface area contributed by atoms with Gasteiger partial charge < -0.3 is 5.32 Å². The first-order valence-corrected chi connectivity index (χ1v) is 10.1. The van der Waals surface area contributed by atoms with Gasteiger partial charge >= 0.3 is 0 Å². The molecule has 1 saturated carbocycles. The summed E-state index contributed by atoms with van der Waals surface area (Å²) in [6.45, 7) is 0.486. The second-order valence-corrected chi connectivity index (χ2v) is 7.43. The highest BCUT2D eigenvalue weighted by Crippen LogP contribution is 2.25. The molecule has 5 heteroatoms. The van der Waals surface area contributed by atoms with Gasteiger partial charge in [0.2, 0.25) is 5.91 Å². The number of benzene rings is 1. The van der Waals surface area contributed by atoms with Crippen LogP contribution in [0.4, 0.5) is 0 Å². The lowest BCUT2D eigenvalue weighted by Gasteiger charge is -2.14. The highest BCUT2D eigenvalue weighted by Gasteiger charge is 2.21. The summed E-state index contributed by atoms with van der Waals surface area (Å²) in [5.41, 5.74) is 3.90. The third-order valence-corrected chi connectivity index (χ3v) is 5.44. The van der Waals surface area contributed by atoms with Crippen molar-refractivity contribution in [2.45, 2.75) is 45.1 Å². The van der Waals surface area contributed by atoms with Crippen LogP contribution in [-0.4, -0.2) is 20.7 Å². The van der Waals surface area contributed by atoms with Crippen LogP contribution >= 0.6 is 0 Å². The first-order chi connectivity index (χ1) is 13.8. The van der Waals surface area contributed by atoms with E-state index in [9.17, 15) is 4.79 Å². The maximum absolute atomic E-state index is 12.7. The first kappa shape index (κ1) is 18.4. The zero-order chi connectivity index (χ0) is 19.2. The molecule has 0 aliphatic heterocycles. The number of pyridine rings is 1. The summed E-state index contributed by atoms with van der Waals surface area (Å²) in [6, 6.07) is 13.9. The van der Waals surface area contributed by atoms with E-state index >= 15 is 0 Å². The van der Waals surface area contributed by atoms with Gasteiger partial charge in [-0.1, -0.05) is 43.9 Å². The molecule has 28 heavy (non-hydrogen) atoms. The van der Waals surface area contributed by atoms with Crippen LogP contribution in [0.3, 0.4) is 0 Å². The Kier molecular flexibility index (Phi) is 5.80.